The highest BCUT2D eigenvalue weighted by molar-refractivity contribution is 6.08. The second-order valence-corrected chi connectivity index (χ2v) is 4.63. The Bertz CT molecular complexity index is 512. The second-order valence-electron chi connectivity index (χ2n) is 4.63. The number of likely N-dealkylation sites (tertiary alicyclic amines) is 1. The predicted octanol–water partition coefficient (Wildman–Crippen LogP) is 1.31. The van der Waals surface area contributed by atoms with Crippen LogP contribution in [0.2, 0.25) is 0 Å². The quantitative estimate of drug-likeness (QED) is 0.614. The molecule has 1 fully saturated rings. The number of amides is 1. The first kappa shape index (κ1) is 14.2. The first-order valence-corrected chi connectivity index (χ1v) is 6.66. The Balaban J connectivity index is 2.22. The topological polar surface area (TPSA) is 63.7 Å². The lowest BCUT2D eigenvalue weighted by Gasteiger charge is -2.32. The van der Waals surface area contributed by atoms with Crippen LogP contribution in [0.15, 0.2) is 30.3 Å². The molecule has 0 aliphatic carbocycles. The smallest absolute Gasteiger partial charge is 0.336 e. The number of rotatable bonds is 4. The predicted molar refractivity (Wildman–Crippen MR) is 71.7 cm³/mol. The number of Topliss-reactive ketones (excluding diaryl/α,β-unsaturated/α-hetero) is 1. The molecule has 1 atom stereocenters. The number of ketones is 1. The van der Waals surface area contributed by atoms with Crippen LogP contribution in [0.4, 0.5) is 0 Å². The highest BCUT2D eigenvalue weighted by atomic mass is 16.5. The van der Waals surface area contributed by atoms with Crippen LogP contribution in [0.5, 0.6) is 0 Å². The maximum Gasteiger partial charge on any atom is 0.336 e. The van der Waals surface area contributed by atoms with Gasteiger partial charge >= 0.3 is 5.97 Å². The maximum atomic E-state index is 12.0. The highest BCUT2D eigenvalue weighted by Crippen LogP contribution is 2.19. The van der Waals surface area contributed by atoms with Crippen molar-refractivity contribution in [3.8, 4) is 0 Å². The molecule has 1 amide bonds. The van der Waals surface area contributed by atoms with Crippen molar-refractivity contribution < 1.29 is 19.1 Å². The zero-order chi connectivity index (χ0) is 14.5. The molecule has 0 radical (unpaired) electrons. The minimum Gasteiger partial charge on any atom is -0.464 e. The fraction of sp³-hybridized carbons (Fsp3) is 0.400. The first-order chi connectivity index (χ1) is 9.63. The van der Waals surface area contributed by atoms with Crippen LogP contribution in [0, 0.1) is 0 Å². The normalized spacial score (nSPS) is 19.1. The summed E-state index contributed by atoms with van der Waals surface area (Å²) < 4.78 is 4.91. The molecular formula is C15H17NO4. The zero-order valence-corrected chi connectivity index (χ0v) is 11.4. The van der Waals surface area contributed by atoms with Crippen molar-refractivity contribution in [3.63, 3.8) is 0 Å². The van der Waals surface area contributed by atoms with Crippen LogP contribution < -0.4 is 0 Å². The number of carbonyl (C=O) groups is 3. The summed E-state index contributed by atoms with van der Waals surface area (Å²) in [5.74, 6) is -1.08. The summed E-state index contributed by atoms with van der Waals surface area (Å²) in [5, 5.41) is 0. The van der Waals surface area contributed by atoms with Gasteiger partial charge in [0.25, 0.3) is 0 Å². The van der Waals surface area contributed by atoms with Crippen molar-refractivity contribution in [1.29, 1.82) is 0 Å². The Morgan fingerprint density at radius 3 is 2.60 bits per heavy atom. The van der Waals surface area contributed by atoms with E-state index in [2.05, 4.69) is 0 Å². The Morgan fingerprint density at radius 1 is 1.25 bits per heavy atom. The lowest BCUT2D eigenvalue weighted by molar-refractivity contribution is -0.162. The molecule has 0 aromatic heterocycles. The van der Waals surface area contributed by atoms with Gasteiger partial charge in [0.05, 0.1) is 6.61 Å². The van der Waals surface area contributed by atoms with Gasteiger partial charge in [0.15, 0.2) is 11.8 Å². The third-order valence-electron chi connectivity index (χ3n) is 3.23. The van der Waals surface area contributed by atoms with Crippen molar-refractivity contribution in [3.05, 3.63) is 35.9 Å². The van der Waals surface area contributed by atoms with E-state index < -0.39 is 12.0 Å². The van der Waals surface area contributed by atoms with Crippen LogP contribution in [0.1, 0.15) is 25.3 Å². The standard InChI is InChI=1S/C15H17NO4/c1-2-20-15(19)14-12(17)8-9-13(18)16(14)10-11-6-4-3-5-7-11/h3-7,14H,2,8-10H2,1H3. The second kappa shape index (κ2) is 6.32. The van der Waals surface area contributed by atoms with Gasteiger partial charge in [-0.15, -0.1) is 0 Å². The van der Waals surface area contributed by atoms with Crippen LogP contribution >= 0.6 is 0 Å². The molecule has 1 heterocycles. The molecule has 5 heteroatoms. The van der Waals surface area contributed by atoms with E-state index in [9.17, 15) is 14.4 Å². The lowest BCUT2D eigenvalue weighted by Crippen LogP contribution is -2.53. The number of nitrogens with zero attached hydrogens (tertiary/aromatic N) is 1. The van der Waals surface area contributed by atoms with Crippen molar-refractivity contribution in [2.75, 3.05) is 6.61 Å². The average Bonchev–Trinajstić information content (AvgIpc) is 2.44. The van der Waals surface area contributed by atoms with Gasteiger partial charge < -0.3 is 9.64 Å². The van der Waals surface area contributed by atoms with E-state index in [1.165, 1.54) is 4.90 Å². The fourth-order valence-electron chi connectivity index (χ4n) is 2.27. The molecule has 0 saturated carbocycles. The summed E-state index contributed by atoms with van der Waals surface area (Å²) in [7, 11) is 0. The van der Waals surface area contributed by atoms with E-state index in [-0.39, 0.29) is 37.7 Å². The summed E-state index contributed by atoms with van der Waals surface area (Å²) in [5.41, 5.74) is 0.879. The Hall–Kier alpha value is -2.17. The van der Waals surface area contributed by atoms with Gasteiger partial charge in [-0.2, -0.15) is 0 Å². The molecule has 1 aromatic rings. The Labute approximate surface area is 117 Å². The van der Waals surface area contributed by atoms with Gasteiger partial charge in [0.2, 0.25) is 5.91 Å². The molecule has 5 nitrogen and oxygen atoms in total. The van der Waals surface area contributed by atoms with Crippen LogP contribution in [-0.4, -0.2) is 35.2 Å². The Kier molecular flexibility index (Phi) is 4.50. The summed E-state index contributed by atoms with van der Waals surface area (Å²) in [4.78, 5) is 37.2. The molecular weight excluding hydrogens is 258 g/mol. The molecule has 1 aromatic carbocycles. The molecule has 1 aliphatic rings. The Morgan fingerprint density at radius 2 is 1.95 bits per heavy atom. The largest absolute Gasteiger partial charge is 0.464 e. The van der Waals surface area contributed by atoms with Gasteiger partial charge in [-0.25, -0.2) is 4.79 Å². The van der Waals surface area contributed by atoms with Crippen molar-refractivity contribution in [2.45, 2.75) is 32.4 Å². The highest BCUT2D eigenvalue weighted by Gasteiger charge is 2.40. The molecule has 0 N–H and O–H groups in total. The van der Waals surface area contributed by atoms with E-state index in [0.29, 0.717) is 0 Å². The number of esters is 1. The zero-order valence-electron chi connectivity index (χ0n) is 11.4. The summed E-state index contributed by atoms with van der Waals surface area (Å²) in [6.45, 7) is 2.11. The molecule has 106 valence electrons. The third-order valence-corrected chi connectivity index (χ3v) is 3.23. The molecule has 2 rings (SSSR count). The lowest BCUT2D eigenvalue weighted by atomic mass is 9.99. The monoisotopic (exact) mass is 275 g/mol. The summed E-state index contributed by atoms with van der Waals surface area (Å²) in [6, 6.07) is 8.19. The minimum atomic E-state index is -1.10. The van der Waals surface area contributed by atoms with E-state index >= 15 is 0 Å². The van der Waals surface area contributed by atoms with Gasteiger partial charge in [0.1, 0.15) is 0 Å². The molecule has 20 heavy (non-hydrogen) atoms. The molecule has 1 saturated heterocycles. The maximum absolute atomic E-state index is 12.0. The van der Waals surface area contributed by atoms with E-state index in [1.807, 2.05) is 30.3 Å². The SMILES string of the molecule is CCOC(=O)C1C(=O)CCC(=O)N1Cc1ccccc1. The first-order valence-electron chi connectivity index (χ1n) is 6.66. The van der Waals surface area contributed by atoms with Crippen molar-refractivity contribution >= 4 is 17.7 Å². The number of carbonyl (C=O) groups excluding carboxylic acids is 3. The van der Waals surface area contributed by atoms with Crippen LogP contribution in [0.3, 0.4) is 0 Å². The average molecular weight is 275 g/mol. The van der Waals surface area contributed by atoms with Gasteiger partial charge in [0, 0.05) is 19.4 Å². The molecule has 0 bridgehead atoms. The molecule has 1 unspecified atom stereocenters. The van der Waals surface area contributed by atoms with Crippen LogP contribution in [-0.2, 0) is 25.7 Å². The van der Waals surface area contributed by atoms with Crippen LogP contribution in [0.25, 0.3) is 0 Å². The van der Waals surface area contributed by atoms with Gasteiger partial charge in [-0.1, -0.05) is 30.3 Å². The molecule has 0 spiro atoms. The van der Waals surface area contributed by atoms with Gasteiger partial charge in [-0.3, -0.25) is 9.59 Å². The van der Waals surface area contributed by atoms with Crippen molar-refractivity contribution in [2.24, 2.45) is 0 Å². The summed E-state index contributed by atoms with van der Waals surface area (Å²) >= 11 is 0. The summed E-state index contributed by atoms with van der Waals surface area (Å²) in [6.07, 6.45) is 0.259. The third kappa shape index (κ3) is 3.04. The number of benzene rings is 1. The number of hydrogen-bond acceptors (Lipinski definition) is 4. The number of hydrogen-bond donors (Lipinski definition) is 0. The van der Waals surface area contributed by atoms with E-state index in [0.717, 1.165) is 5.56 Å². The van der Waals surface area contributed by atoms with Crippen molar-refractivity contribution in [1.82, 2.24) is 4.90 Å². The fourth-order valence-corrected chi connectivity index (χ4v) is 2.27. The van der Waals surface area contributed by atoms with E-state index in [4.69, 9.17) is 4.74 Å². The minimum absolute atomic E-state index is 0.105. The van der Waals surface area contributed by atoms with E-state index in [1.54, 1.807) is 6.92 Å². The van der Waals surface area contributed by atoms with Gasteiger partial charge in [-0.05, 0) is 12.5 Å². The molecule has 1 aliphatic heterocycles. The number of ether oxygens (including phenoxy) is 1. The number of piperidine rings is 1.